The highest BCUT2D eigenvalue weighted by molar-refractivity contribution is 6.37. The van der Waals surface area contributed by atoms with Crippen LogP contribution < -0.4 is 30.3 Å². The number of primary amides is 1. The van der Waals surface area contributed by atoms with Gasteiger partial charge in [0.25, 0.3) is 11.8 Å². The molecule has 0 spiro atoms. The number of fused-ring (bicyclic) bond motifs is 2. The van der Waals surface area contributed by atoms with E-state index in [4.69, 9.17) is 31.5 Å². The lowest BCUT2D eigenvalue weighted by atomic mass is 10.1. The summed E-state index contributed by atoms with van der Waals surface area (Å²) in [5.74, 6) is 0.650. The molecule has 0 unspecified atom stereocenters. The van der Waals surface area contributed by atoms with E-state index in [1.807, 2.05) is 6.08 Å². The van der Waals surface area contributed by atoms with Crippen molar-refractivity contribution in [1.82, 2.24) is 4.98 Å². The molecule has 2 aliphatic rings. The third-order valence-electron chi connectivity index (χ3n) is 5.47. The monoisotopic (exact) mass is 505 g/mol. The second kappa shape index (κ2) is 9.59. The number of hydrogen-bond donors (Lipinski definition) is 2. The molecule has 10 nitrogen and oxygen atoms in total. The minimum absolute atomic E-state index is 0.0947. The molecule has 0 atom stereocenters. The van der Waals surface area contributed by atoms with E-state index in [1.165, 1.54) is 13.1 Å². The molecule has 182 valence electrons. The first-order valence-corrected chi connectivity index (χ1v) is 11.2. The number of nitrogens with zero attached hydrogens (tertiary/aromatic N) is 3. The van der Waals surface area contributed by atoms with Crippen LogP contribution in [0.25, 0.3) is 5.70 Å². The van der Waals surface area contributed by atoms with Crippen molar-refractivity contribution < 1.29 is 23.8 Å². The van der Waals surface area contributed by atoms with Crippen LogP contribution in [0.15, 0.2) is 65.9 Å². The average molecular weight is 506 g/mol. The molecule has 11 heteroatoms. The van der Waals surface area contributed by atoms with Gasteiger partial charge < -0.3 is 25.3 Å². The van der Waals surface area contributed by atoms with Gasteiger partial charge in [-0.25, -0.2) is 9.99 Å². The summed E-state index contributed by atoms with van der Waals surface area (Å²) in [4.78, 5) is 28.6. The number of carbonyl (C=O) groups is 2. The molecule has 2 aromatic carbocycles. The predicted octanol–water partition coefficient (Wildman–Crippen LogP) is 3.82. The molecule has 0 saturated carbocycles. The second-order valence-corrected chi connectivity index (χ2v) is 8.16. The maximum atomic E-state index is 12.8. The van der Waals surface area contributed by atoms with Crippen LogP contribution in [0.2, 0.25) is 5.15 Å². The summed E-state index contributed by atoms with van der Waals surface area (Å²) < 4.78 is 16.7. The zero-order chi connectivity index (χ0) is 25.2. The first kappa shape index (κ1) is 23.2. The fraction of sp³-hybridized carbons (Fsp3) is 0.120. The van der Waals surface area contributed by atoms with Crippen molar-refractivity contribution in [2.24, 2.45) is 10.8 Å². The summed E-state index contributed by atoms with van der Waals surface area (Å²) in [5, 5.41) is 8.99. The standard InChI is InChI=1S/C25H20ClN5O5/c1-14(24(27)32)30-31(16-5-7-21-22(12-16)36-13-35-21)19-8-10-34-20-6-4-15(11-18(19)20)29-25(33)17-3-2-9-28-23(17)26/h2-9,11-12H,10,13H2,1H3,(H2,27,32)(H,29,33)/b30-14+. The van der Waals surface area contributed by atoms with Gasteiger partial charge in [0, 0.05) is 23.5 Å². The SMILES string of the molecule is C/C(=N\N(C1=CCOc2ccc(NC(=O)c3cccnc3Cl)cc21)c1ccc2c(c1)OCO2)C(N)=O. The van der Waals surface area contributed by atoms with Gasteiger partial charge in [-0.3, -0.25) is 9.59 Å². The molecule has 0 fully saturated rings. The number of amides is 2. The van der Waals surface area contributed by atoms with Crippen molar-refractivity contribution in [3.63, 3.8) is 0 Å². The number of ether oxygens (including phenoxy) is 3. The zero-order valence-electron chi connectivity index (χ0n) is 19.0. The maximum Gasteiger partial charge on any atom is 0.264 e. The minimum Gasteiger partial charge on any atom is -0.489 e. The molecular formula is C25H20ClN5O5. The second-order valence-electron chi connectivity index (χ2n) is 7.81. The summed E-state index contributed by atoms with van der Waals surface area (Å²) >= 11 is 6.07. The van der Waals surface area contributed by atoms with E-state index in [-0.39, 0.29) is 29.8 Å². The van der Waals surface area contributed by atoms with Gasteiger partial charge in [0.05, 0.1) is 16.9 Å². The number of hydrazone groups is 1. The molecule has 0 saturated heterocycles. The van der Waals surface area contributed by atoms with E-state index >= 15 is 0 Å². The first-order chi connectivity index (χ1) is 17.4. The molecule has 36 heavy (non-hydrogen) atoms. The topological polar surface area (TPSA) is 128 Å². The molecule has 0 bridgehead atoms. The highest BCUT2D eigenvalue weighted by atomic mass is 35.5. The van der Waals surface area contributed by atoms with Crippen molar-refractivity contribution in [3.8, 4) is 17.2 Å². The van der Waals surface area contributed by atoms with Gasteiger partial charge >= 0.3 is 0 Å². The van der Waals surface area contributed by atoms with Gasteiger partial charge in [0.1, 0.15) is 23.2 Å². The van der Waals surface area contributed by atoms with E-state index in [1.54, 1.807) is 53.5 Å². The maximum absolute atomic E-state index is 12.8. The Bertz CT molecular complexity index is 1440. The number of benzene rings is 2. The summed E-state index contributed by atoms with van der Waals surface area (Å²) in [6, 6.07) is 13.7. The van der Waals surface area contributed by atoms with Crippen molar-refractivity contribution in [2.75, 3.05) is 23.7 Å². The van der Waals surface area contributed by atoms with Crippen molar-refractivity contribution in [2.45, 2.75) is 6.92 Å². The molecule has 0 aliphatic carbocycles. The Morgan fingerprint density at radius 2 is 1.89 bits per heavy atom. The molecule has 3 N–H and O–H groups in total. The van der Waals surface area contributed by atoms with Crippen LogP contribution in [0, 0.1) is 0 Å². The van der Waals surface area contributed by atoms with E-state index in [0.29, 0.717) is 39.9 Å². The molecule has 0 radical (unpaired) electrons. The van der Waals surface area contributed by atoms with Gasteiger partial charge in [0.2, 0.25) is 6.79 Å². The fourth-order valence-electron chi connectivity index (χ4n) is 3.68. The zero-order valence-corrected chi connectivity index (χ0v) is 19.8. The number of carbonyl (C=O) groups excluding carboxylic acids is 2. The van der Waals surface area contributed by atoms with Crippen LogP contribution in [0.4, 0.5) is 11.4 Å². The van der Waals surface area contributed by atoms with Crippen LogP contribution in [0.1, 0.15) is 22.8 Å². The minimum atomic E-state index is -0.664. The Morgan fingerprint density at radius 3 is 2.69 bits per heavy atom. The molecular weight excluding hydrogens is 486 g/mol. The van der Waals surface area contributed by atoms with Crippen molar-refractivity contribution >= 4 is 46.2 Å². The summed E-state index contributed by atoms with van der Waals surface area (Å²) in [6.45, 7) is 1.91. The molecule has 2 aliphatic heterocycles. The predicted molar refractivity (Wildman–Crippen MR) is 134 cm³/mol. The molecule has 3 aromatic rings. The summed E-state index contributed by atoms with van der Waals surface area (Å²) in [5.41, 5.74) is 8.17. The normalized spacial score (nSPS) is 13.8. The van der Waals surface area contributed by atoms with Crippen LogP contribution in [0.3, 0.4) is 0 Å². The van der Waals surface area contributed by atoms with E-state index in [0.717, 1.165) is 0 Å². The van der Waals surface area contributed by atoms with Gasteiger partial charge in [0.15, 0.2) is 11.5 Å². The van der Waals surface area contributed by atoms with Crippen LogP contribution in [-0.2, 0) is 4.79 Å². The lowest BCUT2D eigenvalue weighted by molar-refractivity contribution is -0.112. The Morgan fingerprint density at radius 1 is 1.08 bits per heavy atom. The Labute approximate surface area is 210 Å². The Hall–Kier alpha value is -4.57. The van der Waals surface area contributed by atoms with Gasteiger partial charge in [-0.2, -0.15) is 5.10 Å². The highest BCUT2D eigenvalue weighted by Gasteiger charge is 2.25. The number of hydrogen-bond acceptors (Lipinski definition) is 8. The smallest absolute Gasteiger partial charge is 0.264 e. The summed E-state index contributed by atoms with van der Waals surface area (Å²) in [6.07, 6.45) is 3.32. The number of rotatable bonds is 6. The third kappa shape index (κ3) is 4.53. The van der Waals surface area contributed by atoms with E-state index < -0.39 is 11.8 Å². The lowest BCUT2D eigenvalue weighted by Gasteiger charge is -2.28. The number of halogens is 1. The quantitative estimate of drug-likeness (QED) is 0.296. The molecule has 3 heterocycles. The van der Waals surface area contributed by atoms with Crippen LogP contribution in [-0.4, -0.2) is 35.9 Å². The number of anilines is 2. The number of aromatic nitrogens is 1. The number of nitrogens with two attached hydrogens (primary N) is 1. The van der Waals surface area contributed by atoms with Crippen molar-refractivity contribution in [3.05, 3.63) is 77.1 Å². The largest absolute Gasteiger partial charge is 0.489 e. The Balaban J connectivity index is 1.54. The average Bonchev–Trinajstić information content (AvgIpc) is 3.35. The van der Waals surface area contributed by atoms with Crippen molar-refractivity contribution in [1.29, 1.82) is 0 Å². The van der Waals surface area contributed by atoms with Gasteiger partial charge in [-0.15, -0.1) is 0 Å². The van der Waals surface area contributed by atoms with Gasteiger partial charge in [-0.1, -0.05) is 11.6 Å². The van der Waals surface area contributed by atoms with E-state index in [2.05, 4.69) is 15.4 Å². The van der Waals surface area contributed by atoms with Crippen LogP contribution in [0.5, 0.6) is 17.2 Å². The third-order valence-corrected chi connectivity index (χ3v) is 5.77. The lowest BCUT2D eigenvalue weighted by Crippen LogP contribution is -2.26. The summed E-state index contributed by atoms with van der Waals surface area (Å²) in [7, 11) is 0. The Kier molecular flexibility index (Phi) is 6.17. The highest BCUT2D eigenvalue weighted by Crippen LogP contribution is 2.41. The number of pyridine rings is 1. The first-order valence-electron chi connectivity index (χ1n) is 10.8. The molecule has 2 amide bonds. The fourth-order valence-corrected chi connectivity index (χ4v) is 3.88. The molecule has 1 aromatic heterocycles. The molecule has 5 rings (SSSR count). The number of nitrogens with one attached hydrogen (secondary N) is 1. The van der Waals surface area contributed by atoms with Gasteiger partial charge in [-0.05, 0) is 55.5 Å². The van der Waals surface area contributed by atoms with E-state index in [9.17, 15) is 9.59 Å². The van der Waals surface area contributed by atoms with Crippen LogP contribution >= 0.6 is 11.6 Å².